The monoisotopic (exact) mass is 224 g/mol. The molecule has 15 heavy (non-hydrogen) atoms. The minimum atomic E-state index is 0.739. The van der Waals surface area contributed by atoms with Crippen LogP contribution in [0.25, 0.3) is 0 Å². The largest absolute Gasteiger partial charge is 0.357 e. The van der Waals surface area contributed by atoms with E-state index in [0.717, 1.165) is 17.8 Å². The number of thioether (sulfide) groups is 1. The SMILES string of the molecule is CSC1CCC(NCc2ccn(C)c2)C1. The van der Waals surface area contributed by atoms with Gasteiger partial charge in [-0.2, -0.15) is 11.8 Å². The van der Waals surface area contributed by atoms with Crippen molar-refractivity contribution in [2.75, 3.05) is 6.26 Å². The lowest BCUT2D eigenvalue weighted by molar-refractivity contribution is 0.525. The summed E-state index contributed by atoms with van der Waals surface area (Å²) < 4.78 is 2.11. The average molecular weight is 224 g/mol. The molecular formula is C12H20N2S. The van der Waals surface area contributed by atoms with E-state index in [1.807, 2.05) is 11.8 Å². The van der Waals surface area contributed by atoms with Gasteiger partial charge in [0.15, 0.2) is 0 Å². The third-order valence-electron chi connectivity index (χ3n) is 3.21. The minimum absolute atomic E-state index is 0.739. The molecule has 2 unspecified atom stereocenters. The summed E-state index contributed by atoms with van der Waals surface area (Å²) in [5.74, 6) is 0. The second-order valence-corrected chi connectivity index (χ2v) is 5.57. The van der Waals surface area contributed by atoms with Crippen molar-refractivity contribution < 1.29 is 0 Å². The van der Waals surface area contributed by atoms with Gasteiger partial charge in [-0.1, -0.05) is 0 Å². The van der Waals surface area contributed by atoms with Crippen LogP contribution in [0.5, 0.6) is 0 Å². The smallest absolute Gasteiger partial charge is 0.0223 e. The Morgan fingerprint density at radius 3 is 3.00 bits per heavy atom. The average Bonchev–Trinajstić information content (AvgIpc) is 2.83. The van der Waals surface area contributed by atoms with Crippen LogP contribution in [0.4, 0.5) is 0 Å². The summed E-state index contributed by atoms with van der Waals surface area (Å²) in [6, 6.07) is 2.93. The third kappa shape index (κ3) is 3.02. The topological polar surface area (TPSA) is 17.0 Å². The van der Waals surface area contributed by atoms with Crippen molar-refractivity contribution in [2.24, 2.45) is 7.05 Å². The van der Waals surface area contributed by atoms with E-state index < -0.39 is 0 Å². The maximum Gasteiger partial charge on any atom is 0.0223 e. The van der Waals surface area contributed by atoms with E-state index in [2.05, 4.69) is 41.6 Å². The Hall–Kier alpha value is -0.410. The van der Waals surface area contributed by atoms with Crippen LogP contribution < -0.4 is 5.32 Å². The molecule has 1 saturated carbocycles. The van der Waals surface area contributed by atoms with Crippen molar-refractivity contribution in [3.05, 3.63) is 24.0 Å². The van der Waals surface area contributed by atoms with Gasteiger partial charge in [-0.05, 0) is 37.1 Å². The summed E-state index contributed by atoms with van der Waals surface area (Å²) in [7, 11) is 2.07. The van der Waals surface area contributed by atoms with Gasteiger partial charge in [0, 0.05) is 37.3 Å². The Bertz CT molecular complexity index is 308. The van der Waals surface area contributed by atoms with Crippen LogP contribution in [0.15, 0.2) is 18.5 Å². The van der Waals surface area contributed by atoms with E-state index in [9.17, 15) is 0 Å². The van der Waals surface area contributed by atoms with Crippen molar-refractivity contribution >= 4 is 11.8 Å². The molecular weight excluding hydrogens is 204 g/mol. The fraction of sp³-hybridized carbons (Fsp3) is 0.667. The zero-order valence-electron chi connectivity index (χ0n) is 9.57. The van der Waals surface area contributed by atoms with E-state index in [-0.39, 0.29) is 0 Å². The summed E-state index contributed by atoms with van der Waals surface area (Å²) in [6.07, 6.45) is 10.6. The first-order chi connectivity index (χ1) is 7.28. The number of rotatable bonds is 4. The molecule has 2 atom stereocenters. The van der Waals surface area contributed by atoms with Gasteiger partial charge < -0.3 is 9.88 Å². The summed E-state index contributed by atoms with van der Waals surface area (Å²) in [5.41, 5.74) is 1.39. The van der Waals surface area contributed by atoms with Gasteiger partial charge in [0.2, 0.25) is 0 Å². The van der Waals surface area contributed by atoms with Crippen LogP contribution in [-0.2, 0) is 13.6 Å². The number of aryl methyl sites for hydroxylation is 1. The van der Waals surface area contributed by atoms with E-state index >= 15 is 0 Å². The van der Waals surface area contributed by atoms with Crippen LogP contribution in [0.3, 0.4) is 0 Å². The molecule has 1 aromatic heterocycles. The van der Waals surface area contributed by atoms with E-state index in [1.54, 1.807) is 0 Å². The predicted molar refractivity (Wildman–Crippen MR) is 67.2 cm³/mol. The van der Waals surface area contributed by atoms with Gasteiger partial charge >= 0.3 is 0 Å². The van der Waals surface area contributed by atoms with Crippen molar-refractivity contribution in [2.45, 2.75) is 37.1 Å². The maximum absolute atomic E-state index is 3.65. The first-order valence-corrected chi connectivity index (χ1v) is 6.93. The van der Waals surface area contributed by atoms with Gasteiger partial charge in [0.25, 0.3) is 0 Å². The number of nitrogens with one attached hydrogen (secondary N) is 1. The predicted octanol–water partition coefficient (Wildman–Crippen LogP) is 2.40. The lowest BCUT2D eigenvalue weighted by atomic mass is 10.2. The number of nitrogens with zero attached hydrogens (tertiary/aromatic N) is 1. The standard InChI is InChI=1S/C12H20N2S/c1-14-6-5-10(9-14)8-13-11-3-4-12(7-11)15-2/h5-6,9,11-13H,3-4,7-8H2,1-2H3. The highest BCUT2D eigenvalue weighted by Gasteiger charge is 2.23. The molecule has 0 amide bonds. The van der Waals surface area contributed by atoms with E-state index in [4.69, 9.17) is 0 Å². The molecule has 3 heteroatoms. The van der Waals surface area contributed by atoms with Crippen molar-refractivity contribution in [1.29, 1.82) is 0 Å². The molecule has 1 aliphatic rings. The Morgan fingerprint density at radius 1 is 1.53 bits per heavy atom. The third-order valence-corrected chi connectivity index (χ3v) is 4.30. The van der Waals surface area contributed by atoms with Gasteiger partial charge in [-0.25, -0.2) is 0 Å². The first-order valence-electron chi connectivity index (χ1n) is 5.65. The van der Waals surface area contributed by atoms with Crippen LogP contribution in [0.1, 0.15) is 24.8 Å². The summed E-state index contributed by atoms with van der Waals surface area (Å²) in [4.78, 5) is 0. The highest BCUT2D eigenvalue weighted by atomic mass is 32.2. The van der Waals surface area contributed by atoms with E-state index in [0.29, 0.717) is 0 Å². The maximum atomic E-state index is 3.65. The lowest BCUT2D eigenvalue weighted by Crippen LogP contribution is -2.25. The molecule has 0 spiro atoms. The van der Waals surface area contributed by atoms with Gasteiger partial charge in [-0.3, -0.25) is 0 Å². The molecule has 1 aromatic rings. The zero-order valence-corrected chi connectivity index (χ0v) is 10.4. The summed E-state index contributed by atoms with van der Waals surface area (Å²) >= 11 is 2.02. The first kappa shape index (κ1) is 11.1. The number of hydrogen-bond donors (Lipinski definition) is 1. The van der Waals surface area contributed by atoms with Crippen molar-refractivity contribution in [3.63, 3.8) is 0 Å². The molecule has 1 aliphatic carbocycles. The highest BCUT2D eigenvalue weighted by Crippen LogP contribution is 2.28. The van der Waals surface area contributed by atoms with Crippen LogP contribution in [-0.4, -0.2) is 22.1 Å². The molecule has 1 heterocycles. The molecule has 0 aliphatic heterocycles. The zero-order chi connectivity index (χ0) is 10.7. The molecule has 2 rings (SSSR count). The molecule has 84 valence electrons. The van der Waals surface area contributed by atoms with Crippen LogP contribution >= 0.6 is 11.8 Å². The second-order valence-electron chi connectivity index (χ2n) is 4.43. The Morgan fingerprint density at radius 2 is 2.40 bits per heavy atom. The van der Waals surface area contributed by atoms with Gasteiger partial charge in [0.1, 0.15) is 0 Å². The molecule has 0 radical (unpaired) electrons. The molecule has 0 saturated heterocycles. The highest BCUT2D eigenvalue weighted by molar-refractivity contribution is 7.99. The Kier molecular flexibility index (Phi) is 3.76. The molecule has 1 fully saturated rings. The van der Waals surface area contributed by atoms with Gasteiger partial charge in [-0.15, -0.1) is 0 Å². The fourth-order valence-corrected chi connectivity index (χ4v) is 3.06. The summed E-state index contributed by atoms with van der Waals surface area (Å²) in [6.45, 7) is 1.02. The number of hydrogen-bond acceptors (Lipinski definition) is 2. The fourth-order valence-electron chi connectivity index (χ4n) is 2.27. The molecule has 0 bridgehead atoms. The van der Waals surface area contributed by atoms with Crippen molar-refractivity contribution in [1.82, 2.24) is 9.88 Å². The van der Waals surface area contributed by atoms with Gasteiger partial charge in [0.05, 0.1) is 0 Å². The quantitative estimate of drug-likeness (QED) is 0.846. The van der Waals surface area contributed by atoms with Crippen molar-refractivity contribution in [3.8, 4) is 0 Å². The van der Waals surface area contributed by atoms with E-state index in [1.165, 1.54) is 24.8 Å². The Labute approximate surface area is 96.4 Å². The number of aromatic nitrogens is 1. The minimum Gasteiger partial charge on any atom is -0.357 e. The second kappa shape index (κ2) is 5.08. The lowest BCUT2D eigenvalue weighted by Gasteiger charge is -2.11. The molecule has 0 aromatic carbocycles. The van der Waals surface area contributed by atoms with Crippen LogP contribution in [0.2, 0.25) is 0 Å². The summed E-state index contributed by atoms with van der Waals surface area (Å²) in [5, 5.41) is 4.54. The van der Waals surface area contributed by atoms with Crippen LogP contribution in [0, 0.1) is 0 Å². The molecule has 2 nitrogen and oxygen atoms in total. The molecule has 1 N–H and O–H groups in total. The Balaban J connectivity index is 1.75. The normalized spacial score (nSPS) is 26.0.